The molecule has 0 spiro atoms. The maximum atomic E-state index is 13.6. The molecule has 4 nitrogen and oxygen atoms in total. The van der Waals surface area contributed by atoms with E-state index in [2.05, 4.69) is 77.5 Å². The number of aromatic nitrogens is 2. The highest BCUT2D eigenvalue weighted by Gasteiger charge is 2.27. The molecule has 1 saturated heterocycles. The van der Waals surface area contributed by atoms with Crippen molar-refractivity contribution in [2.45, 2.75) is 39.7 Å². The van der Waals surface area contributed by atoms with E-state index in [9.17, 15) is 4.79 Å². The van der Waals surface area contributed by atoms with E-state index in [1.807, 2.05) is 17.9 Å². The highest BCUT2D eigenvalue weighted by molar-refractivity contribution is 7.09. The zero-order chi connectivity index (χ0) is 23.5. The van der Waals surface area contributed by atoms with Gasteiger partial charge in [-0.2, -0.15) is 0 Å². The zero-order valence-corrected chi connectivity index (χ0v) is 20.7. The predicted octanol–water partition coefficient (Wildman–Crippen LogP) is 6.37. The lowest BCUT2D eigenvalue weighted by atomic mass is 9.90. The normalized spacial score (nSPS) is 14.5. The summed E-state index contributed by atoms with van der Waals surface area (Å²) in [7, 11) is 0. The summed E-state index contributed by atoms with van der Waals surface area (Å²) in [5, 5.41) is 3.13. The molecule has 5 heteroatoms. The Morgan fingerprint density at radius 3 is 2.24 bits per heavy atom. The summed E-state index contributed by atoms with van der Waals surface area (Å²) in [5.41, 5.74) is 6.40. The molecule has 1 aliphatic rings. The number of aryl methyl sites for hydroxylation is 1. The summed E-state index contributed by atoms with van der Waals surface area (Å²) in [6.07, 6.45) is 3.22. The van der Waals surface area contributed by atoms with Crippen LogP contribution in [0.1, 0.15) is 45.0 Å². The molecule has 34 heavy (non-hydrogen) atoms. The van der Waals surface area contributed by atoms with E-state index in [1.165, 1.54) is 11.1 Å². The van der Waals surface area contributed by atoms with E-state index in [1.54, 1.807) is 11.3 Å². The number of carbonyl (C=O) groups is 1. The molecule has 0 saturated carbocycles. The van der Waals surface area contributed by atoms with Crippen LogP contribution in [0, 0.1) is 19.8 Å². The van der Waals surface area contributed by atoms with Gasteiger partial charge in [0.25, 0.3) is 5.91 Å². The van der Waals surface area contributed by atoms with Crippen molar-refractivity contribution in [3.63, 3.8) is 0 Å². The van der Waals surface area contributed by atoms with Crippen LogP contribution < -0.4 is 0 Å². The van der Waals surface area contributed by atoms with Crippen molar-refractivity contribution in [1.29, 1.82) is 0 Å². The Labute approximate surface area is 205 Å². The van der Waals surface area contributed by atoms with Gasteiger partial charge in [-0.3, -0.25) is 4.79 Å². The maximum absolute atomic E-state index is 13.6. The molecular weight excluding hydrogens is 438 g/mol. The molecule has 0 N–H and O–H groups in total. The third-order valence-corrected chi connectivity index (χ3v) is 7.70. The van der Waals surface area contributed by atoms with Crippen molar-refractivity contribution in [1.82, 2.24) is 14.5 Å². The summed E-state index contributed by atoms with van der Waals surface area (Å²) in [4.78, 5) is 20.4. The summed E-state index contributed by atoms with van der Waals surface area (Å²) in [6, 6.07) is 23.2. The zero-order valence-electron chi connectivity index (χ0n) is 19.9. The van der Waals surface area contributed by atoms with E-state index in [0.717, 1.165) is 66.5 Å². The van der Waals surface area contributed by atoms with Crippen molar-refractivity contribution >= 4 is 17.2 Å². The Bertz CT molecular complexity index is 1250. The summed E-state index contributed by atoms with van der Waals surface area (Å²) in [5.74, 6) is 0.791. The molecular formula is C29H31N3OS. The van der Waals surface area contributed by atoms with Gasteiger partial charge in [-0.15, -0.1) is 11.3 Å². The Morgan fingerprint density at radius 1 is 0.971 bits per heavy atom. The highest BCUT2D eigenvalue weighted by Crippen LogP contribution is 2.30. The molecule has 0 bridgehead atoms. The minimum absolute atomic E-state index is 0.149. The highest BCUT2D eigenvalue weighted by atomic mass is 32.1. The molecule has 1 aliphatic heterocycles. The van der Waals surface area contributed by atoms with Crippen LogP contribution in [0.2, 0.25) is 0 Å². The molecule has 0 aliphatic carbocycles. The molecule has 1 fully saturated rings. The molecule has 3 heterocycles. The first kappa shape index (κ1) is 22.6. The molecule has 5 rings (SSSR count). The van der Waals surface area contributed by atoms with E-state index in [-0.39, 0.29) is 5.91 Å². The second kappa shape index (κ2) is 9.98. The van der Waals surface area contributed by atoms with Crippen LogP contribution in [-0.2, 0) is 13.0 Å². The molecule has 0 unspecified atom stereocenters. The molecule has 4 aromatic rings. The first-order valence-electron chi connectivity index (χ1n) is 12.1. The fourth-order valence-electron chi connectivity index (χ4n) is 4.98. The first-order valence-corrected chi connectivity index (χ1v) is 13.0. The van der Waals surface area contributed by atoms with Crippen molar-refractivity contribution < 1.29 is 4.79 Å². The molecule has 2 aromatic carbocycles. The number of hydrogen-bond donors (Lipinski definition) is 0. The van der Waals surface area contributed by atoms with Crippen molar-refractivity contribution in [2.75, 3.05) is 13.1 Å². The largest absolute Gasteiger partial charge is 0.339 e. The van der Waals surface area contributed by atoms with Crippen LogP contribution in [0.15, 0.2) is 72.1 Å². The lowest BCUT2D eigenvalue weighted by Gasteiger charge is -2.32. The average Bonchev–Trinajstić information content (AvgIpc) is 3.44. The predicted molar refractivity (Wildman–Crippen MR) is 139 cm³/mol. The van der Waals surface area contributed by atoms with E-state index in [0.29, 0.717) is 5.92 Å². The van der Waals surface area contributed by atoms with Crippen LogP contribution in [-0.4, -0.2) is 33.4 Å². The number of carbonyl (C=O) groups excluding carboxylic acids is 1. The van der Waals surface area contributed by atoms with Gasteiger partial charge in [-0.1, -0.05) is 60.7 Å². The molecule has 1 amide bonds. The second-order valence-electron chi connectivity index (χ2n) is 9.28. The van der Waals surface area contributed by atoms with Crippen molar-refractivity contribution in [3.05, 3.63) is 99.5 Å². The van der Waals surface area contributed by atoms with E-state index >= 15 is 0 Å². The number of amides is 1. The van der Waals surface area contributed by atoms with E-state index in [4.69, 9.17) is 4.98 Å². The van der Waals surface area contributed by atoms with Gasteiger partial charge in [-0.25, -0.2) is 4.98 Å². The van der Waals surface area contributed by atoms with Crippen LogP contribution in [0.3, 0.4) is 0 Å². The number of benzene rings is 2. The number of piperidine rings is 1. The topological polar surface area (TPSA) is 38.1 Å². The first-order chi connectivity index (χ1) is 16.6. The van der Waals surface area contributed by atoms with Gasteiger partial charge in [-0.05, 0) is 56.2 Å². The number of hydrogen-bond acceptors (Lipinski definition) is 3. The van der Waals surface area contributed by atoms with Crippen LogP contribution in [0.4, 0.5) is 0 Å². The Hall–Kier alpha value is -3.18. The van der Waals surface area contributed by atoms with Crippen molar-refractivity contribution in [3.8, 4) is 11.4 Å². The number of nitrogens with zero attached hydrogens (tertiary/aromatic N) is 3. The average molecular weight is 470 g/mol. The molecule has 174 valence electrons. The van der Waals surface area contributed by atoms with E-state index < -0.39 is 0 Å². The van der Waals surface area contributed by atoms with Crippen molar-refractivity contribution in [2.24, 2.45) is 5.92 Å². The fourth-order valence-corrected chi connectivity index (χ4v) is 5.59. The lowest BCUT2D eigenvalue weighted by Crippen LogP contribution is -2.39. The quantitative estimate of drug-likeness (QED) is 0.329. The Balaban J connectivity index is 1.36. The van der Waals surface area contributed by atoms with Gasteiger partial charge >= 0.3 is 0 Å². The minimum Gasteiger partial charge on any atom is -0.339 e. The van der Waals surface area contributed by atoms with Crippen LogP contribution in [0.25, 0.3) is 11.4 Å². The monoisotopic (exact) mass is 469 g/mol. The van der Waals surface area contributed by atoms with Gasteiger partial charge < -0.3 is 9.47 Å². The number of rotatable bonds is 6. The smallest absolute Gasteiger partial charge is 0.255 e. The van der Waals surface area contributed by atoms with Gasteiger partial charge in [0.2, 0.25) is 0 Å². The molecule has 0 radical (unpaired) electrons. The third-order valence-electron chi connectivity index (χ3n) is 6.93. The number of likely N-dealkylation sites (tertiary alicyclic amines) is 1. The summed E-state index contributed by atoms with van der Waals surface area (Å²) >= 11 is 1.65. The van der Waals surface area contributed by atoms with Gasteiger partial charge in [0, 0.05) is 30.7 Å². The summed E-state index contributed by atoms with van der Waals surface area (Å²) in [6.45, 7) is 6.47. The third kappa shape index (κ3) is 4.85. The SMILES string of the molecule is Cc1nc(-c2cc(C(=O)N3CCC(Cc4ccccc4)CC3)c(C)n2Cc2ccccc2)cs1. The van der Waals surface area contributed by atoms with Gasteiger partial charge in [0.15, 0.2) is 0 Å². The Morgan fingerprint density at radius 2 is 1.62 bits per heavy atom. The van der Waals surface area contributed by atoms with Gasteiger partial charge in [0.05, 0.1) is 22.0 Å². The Kier molecular flexibility index (Phi) is 6.63. The molecule has 2 aromatic heterocycles. The number of thiazole rings is 1. The fraction of sp³-hybridized carbons (Fsp3) is 0.310. The van der Waals surface area contributed by atoms with Crippen LogP contribution >= 0.6 is 11.3 Å². The van der Waals surface area contributed by atoms with Gasteiger partial charge in [0.1, 0.15) is 0 Å². The minimum atomic E-state index is 0.149. The van der Waals surface area contributed by atoms with Crippen LogP contribution in [0.5, 0.6) is 0 Å². The summed E-state index contributed by atoms with van der Waals surface area (Å²) < 4.78 is 2.25. The lowest BCUT2D eigenvalue weighted by molar-refractivity contribution is 0.0689. The standard InChI is InChI=1S/C29H31N3OS/c1-21-26(29(33)31-15-13-24(14-16-31)17-23-9-5-3-6-10-23)18-28(27-20-34-22(2)30-27)32(21)19-25-11-7-4-8-12-25/h3-12,18,20,24H,13-17,19H2,1-2H3. The maximum Gasteiger partial charge on any atom is 0.255 e. The molecule has 0 atom stereocenters. The second-order valence-corrected chi connectivity index (χ2v) is 10.3.